The van der Waals surface area contributed by atoms with Crippen molar-refractivity contribution in [1.82, 2.24) is 5.32 Å². The van der Waals surface area contributed by atoms with Crippen LogP contribution in [0.2, 0.25) is 0 Å². The minimum atomic E-state index is -4.27. The number of rotatable bonds is 4. The maximum Gasteiger partial charge on any atom is 0.397 e. The van der Waals surface area contributed by atoms with Gasteiger partial charge in [0.05, 0.1) is 6.61 Å². The van der Waals surface area contributed by atoms with Crippen LogP contribution in [-0.2, 0) is 14.6 Å². The van der Waals surface area contributed by atoms with Crippen LogP contribution in [0.15, 0.2) is 0 Å². The molecule has 62 valence electrons. The third kappa shape index (κ3) is 5.96. The van der Waals surface area contributed by atoms with Crippen molar-refractivity contribution < 1.29 is 17.2 Å². The monoisotopic (exact) mass is 169 g/mol. The Kier molecular flexibility index (Phi) is 3.80. The topological polar surface area (TPSA) is 75.6 Å². The Morgan fingerprint density at radius 3 is 2.50 bits per heavy atom. The number of nitrogens with one attached hydrogen (secondary N) is 1. The molecule has 0 aliphatic rings. The van der Waals surface area contributed by atoms with Gasteiger partial charge in [0.1, 0.15) is 0 Å². The lowest BCUT2D eigenvalue weighted by atomic mass is 10.4. The maximum atomic E-state index is 9.96. The van der Waals surface area contributed by atoms with Gasteiger partial charge in [0.25, 0.3) is 0 Å². The molecule has 1 atom stereocenters. The molecule has 0 fully saturated rings. The molecule has 0 radical (unpaired) electrons. The Bertz CT molecular complexity index is 176. The summed E-state index contributed by atoms with van der Waals surface area (Å²) in [6.45, 7) is 1.67. The molecule has 10 heavy (non-hydrogen) atoms. The van der Waals surface area contributed by atoms with Crippen molar-refractivity contribution in [2.75, 3.05) is 13.7 Å². The van der Waals surface area contributed by atoms with Gasteiger partial charge in [-0.05, 0) is 14.0 Å². The van der Waals surface area contributed by atoms with E-state index >= 15 is 0 Å². The first-order valence-electron chi connectivity index (χ1n) is 2.75. The van der Waals surface area contributed by atoms with Gasteiger partial charge in [-0.2, -0.15) is 8.42 Å². The van der Waals surface area contributed by atoms with Crippen molar-refractivity contribution in [2.24, 2.45) is 0 Å². The Morgan fingerprint density at radius 1 is 1.70 bits per heavy atom. The molecule has 6 heteroatoms. The van der Waals surface area contributed by atoms with Gasteiger partial charge in [0.15, 0.2) is 0 Å². The van der Waals surface area contributed by atoms with Gasteiger partial charge in [-0.1, -0.05) is 0 Å². The Labute approximate surface area is 60.3 Å². The summed E-state index contributed by atoms with van der Waals surface area (Å²) in [4.78, 5) is 0. The van der Waals surface area contributed by atoms with Gasteiger partial charge in [-0.3, -0.25) is 4.55 Å². The molecule has 0 spiro atoms. The number of likely N-dealkylation sites (N-methyl/N-ethyl adjacent to an activating group) is 1. The van der Waals surface area contributed by atoms with E-state index in [4.69, 9.17) is 4.55 Å². The number of hydrogen-bond acceptors (Lipinski definition) is 4. The third-order valence-corrected chi connectivity index (χ3v) is 1.39. The summed E-state index contributed by atoms with van der Waals surface area (Å²) in [6, 6.07) is -0.0954. The largest absolute Gasteiger partial charge is 0.397 e. The second-order valence-corrected chi connectivity index (χ2v) is 2.99. The highest BCUT2D eigenvalue weighted by Crippen LogP contribution is 1.88. The summed E-state index contributed by atoms with van der Waals surface area (Å²) in [7, 11) is -2.60. The summed E-state index contributed by atoms with van der Waals surface area (Å²) in [5.41, 5.74) is 0. The van der Waals surface area contributed by atoms with Crippen molar-refractivity contribution >= 4 is 10.4 Å². The fourth-order valence-electron chi connectivity index (χ4n) is 0.271. The molecule has 0 heterocycles. The summed E-state index contributed by atoms with van der Waals surface area (Å²) >= 11 is 0. The second-order valence-electron chi connectivity index (χ2n) is 1.90. The minimum Gasteiger partial charge on any atom is -0.315 e. The lowest BCUT2D eigenvalue weighted by Gasteiger charge is -2.07. The van der Waals surface area contributed by atoms with Crippen molar-refractivity contribution in [3.63, 3.8) is 0 Å². The molecule has 5 nitrogen and oxygen atoms in total. The van der Waals surface area contributed by atoms with Crippen LogP contribution in [-0.4, -0.2) is 32.7 Å². The SMILES string of the molecule is CN[C@H](C)COS(=O)(=O)O. The molecule has 0 bridgehead atoms. The van der Waals surface area contributed by atoms with E-state index in [1.165, 1.54) is 0 Å². The van der Waals surface area contributed by atoms with Gasteiger partial charge in [-0.25, -0.2) is 4.18 Å². The Balaban J connectivity index is 3.56. The standard InChI is InChI=1S/C4H11NO4S/c1-4(5-2)3-9-10(6,7)8/h4-5H,3H2,1-2H3,(H,6,7,8)/t4-/m1/s1. The Morgan fingerprint density at radius 2 is 2.20 bits per heavy atom. The first-order valence-corrected chi connectivity index (χ1v) is 4.11. The van der Waals surface area contributed by atoms with E-state index < -0.39 is 10.4 Å². The van der Waals surface area contributed by atoms with E-state index in [1.54, 1.807) is 14.0 Å². The highest BCUT2D eigenvalue weighted by Gasteiger charge is 2.06. The predicted octanol–water partition coefficient (Wildman–Crippen LogP) is -0.586. The molecule has 0 aromatic heterocycles. The fourth-order valence-corrected chi connectivity index (χ4v) is 0.647. The highest BCUT2D eigenvalue weighted by atomic mass is 32.3. The van der Waals surface area contributed by atoms with Crippen molar-refractivity contribution in [2.45, 2.75) is 13.0 Å². The minimum absolute atomic E-state index is 0.0602. The second kappa shape index (κ2) is 3.87. The van der Waals surface area contributed by atoms with Gasteiger partial charge in [-0.15, -0.1) is 0 Å². The summed E-state index contributed by atoms with van der Waals surface area (Å²) in [6.07, 6.45) is 0. The normalized spacial score (nSPS) is 15.1. The number of hydrogen-bond donors (Lipinski definition) is 2. The quantitative estimate of drug-likeness (QED) is 0.550. The van der Waals surface area contributed by atoms with Gasteiger partial charge < -0.3 is 5.32 Å². The summed E-state index contributed by atoms with van der Waals surface area (Å²) < 4.78 is 32.0. The van der Waals surface area contributed by atoms with E-state index in [9.17, 15) is 8.42 Å². The molecule has 0 saturated heterocycles. The Hall–Kier alpha value is -0.170. The summed E-state index contributed by atoms with van der Waals surface area (Å²) in [5.74, 6) is 0. The fraction of sp³-hybridized carbons (Fsp3) is 1.00. The van der Waals surface area contributed by atoms with Crippen LogP contribution in [0.25, 0.3) is 0 Å². The lowest BCUT2D eigenvalue weighted by Crippen LogP contribution is -2.27. The highest BCUT2D eigenvalue weighted by molar-refractivity contribution is 7.80. The molecule has 0 saturated carbocycles. The van der Waals surface area contributed by atoms with Crippen molar-refractivity contribution in [3.8, 4) is 0 Å². The van der Waals surface area contributed by atoms with Crippen LogP contribution in [0.4, 0.5) is 0 Å². The average Bonchev–Trinajstić information content (AvgIpc) is 1.81. The lowest BCUT2D eigenvalue weighted by molar-refractivity contribution is 0.245. The van der Waals surface area contributed by atoms with Crippen LogP contribution in [0.3, 0.4) is 0 Å². The molecule has 0 aromatic carbocycles. The van der Waals surface area contributed by atoms with Crippen LogP contribution in [0, 0.1) is 0 Å². The van der Waals surface area contributed by atoms with E-state index in [1.807, 2.05) is 0 Å². The van der Waals surface area contributed by atoms with Gasteiger partial charge >= 0.3 is 10.4 Å². The van der Waals surface area contributed by atoms with Crippen LogP contribution in [0.5, 0.6) is 0 Å². The van der Waals surface area contributed by atoms with Gasteiger partial charge in [0, 0.05) is 6.04 Å². The van der Waals surface area contributed by atoms with E-state index in [0.29, 0.717) is 0 Å². The maximum absolute atomic E-state index is 9.96. The molecule has 2 N–H and O–H groups in total. The zero-order valence-corrected chi connectivity index (χ0v) is 6.68. The predicted molar refractivity (Wildman–Crippen MR) is 36.0 cm³/mol. The smallest absolute Gasteiger partial charge is 0.315 e. The van der Waals surface area contributed by atoms with Crippen molar-refractivity contribution in [1.29, 1.82) is 0 Å². The first kappa shape index (κ1) is 9.83. The van der Waals surface area contributed by atoms with Crippen LogP contribution in [0.1, 0.15) is 6.92 Å². The van der Waals surface area contributed by atoms with E-state index in [0.717, 1.165) is 0 Å². The third-order valence-electron chi connectivity index (χ3n) is 0.960. The van der Waals surface area contributed by atoms with Crippen LogP contribution >= 0.6 is 0 Å². The average molecular weight is 169 g/mol. The van der Waals surface area contributed by atoms with Crippen molar-refractivity contribution in [3.05, 3.63) is 0 Å². The zero-order valence-electron chi connectivity index (χ0n) is 5.86. The molecular weight excluding hydrogens is 158 g/mol. The molecule has 0 amide bonds. The molecule has 0 aliphatic heterocycles. The molecule has 0 aromatic rings. The molecular formula is C4H11NO4S. The van der Waals surface area contributed by atoms with Gasteiger partial charge in [0.2, 0.25) is 0 Å². The molecule has 0 unspecified atom stereocenters. The van der Waals surface area contributed by atoms with E-state index in [2.05, 4.69) is 9.50 Å². The van der Waals surface area contributed by atoms with Crippen LogP contribution < -0.4 is 5.32 Å². The summed E-state index contributed by atoms with van der Waals surface area (Å²) in [5, 5.41) is 2.74. The molecule has 0 aliphatic carbocycles. The van der Waals surface area contributed by atoms with E-state index in [-0.39, 0.29) is 12.6 Å². The first-order chi connectivity index (χ1) is 4.45. The molecule has 0 rings (SSSR count). The zero-order chi connectivity index (χ0) is 8.20.